The van der Waals surface area contributed by atoms with Crippen LogP contribution in [-0.4, -0.2) is 14.2 Å². The van der Waals surface area contributed by atoms with Gasteiger partial charge in [-0.3, -0.25) is 0 Å². The highest BCUT2D eigenvalue weighted by Gasteiger charge is 2.05. The van der Waals surface area contributed by atoms with Crippen molar-refractivity contribution < 1.29 is 14.2 Å². The molecule has 2 aromatic carbocycles. The zero-order valence-electron chi connectivity index (χ0n) is 12.1. The van der Waals surface area contributed by atoms with Crippen LogP contribution in [0.3, 0.4) is 0 Å². The highest BCUT2D eigenvalue weighted by molar-refractivity contribution is 5.42. The third kappa shape index (κ3) is 3.90. The lowest BCUT2D eigenvalue weighted by Gasteiger charge is -2.11. The van der Waals surface area contributed by atoms with Gasteiger partial charge in [0.15, 0.2) is 11.5 Å². The first kappa shape index (κ1) is 14.7. The molecule has 0 atom stereocenters. The highest BCUT2D eigenvalue weighted by Crippen LogP contribution is 2.28. The van der Waals surface area contributed by atoms with Crippen LogP contribution in [0.15, 0.2) is 42.5 Å². The average Bonchev–Trinajstić information content (AvgIpc) is 2.54. The molecule has 0 unspecified atom stereocenters. The second-order valence-electron chi connectivity index (χ2n) is 4.46. The van der Waals surface area contributed by atoms with E-state index < -0.39 is 0 Å². The van der Waals surface area contributed by atoms with E-state index in [9.17, 15) is 0 Å². The van der Waals surface area contributed by atoms with Crippen molar-refractivity contribution in [2.45, 2.75) is 13.0 Å². The average molecular weight is 283 g/mol. The lowest BCUT2D eigenvalue weighted by Crippen LogP contribution is -1.97. The first-order valence-electron chi connectivity index (χ1n) is 6.56. The molecular formula is C17H17NO3. The standard InChI is InChI=1S/C17H17NO3/c1-19-16-8-5-14(11-17(16)20-2)12-21-15-6-3-13(4-7-15)9-10-18/h3-8,11H,9,12H2,1-2H3. The van der Waals surface area contributed by atoms with Crippen LogP contribution in [-0.2, 0) is 13.0 Å². The Morgan fingerprint density at radius 1 is 0.905 bits per heavy atom. The molecule has 0 fully saturated rings. The fourth-order valence-corrected chi connectivity index (χ4v) is 1.93. The number of nitriles is 1. The predicted octanol–water partition coefficient (Wildman–Crippen LogP) is 3.35. The predicted molar refractivity (Wildman–Crippen MR) is 79.6 cm³/mol. The Morgan fingerprint density at radius 3 is 2.19 bits per heavy atom. The zero-order valence-corrected chi connectivity index (χ0v) is 12.1. The van der Waals surface area contributed by atoms with Crippen LogP contribution >= 0.6 is 0 Å². The van der Waals surface area contributed by atoms with Crippen molar-refractivity contribution in [1.29, 1.82) is 5.26 Å². The fourth-order valence-electron chi connectivity index (χ4n) is 1.93. The van der Waals surface area contributed by atoms with E-state index in [0.29, 0.717) is 24.5 Å². The SMILES string of the molecule is COc1ccc(COc2ccc(CC#N)cc2)cc1OC. The Balaban J connectivity index is 2.01. The van der Waals surface area contributed by atoms with Crippen LogP contribution in [0.1, 0.15) is 11.1 Å². The van der Waals surface area contributed by atoms with Gasteiger partial charge in [-0.1, -0.05) is 18.2 Å². The molecule has 0 aliphatic heterocycles. The van der Waals surface area contributed by atoms with Crippen molar-refractivity contribution >= 4 is 0 Å². The molecule has 0 aliphatic rings. The fraction of sp³-hybridized carbons (Fsp3) is 0.235. The maximum absolute atomic E-state index is 8.63. The molecule has 108 valence electrons. The number of benzene rings is 2. The van der Waals surface area contributed by atoms with Gasteiger partial charge < -0.3 is 14.2 Å². The van der Waals surface area contributed by atoms with E-state index in [1.165, 1.54) is 0 Å². The number of rotatable bonds is 6. The summed E-state index contributed by atoms with van der Waals surface area (Å²) in [5, 5.41) is 8.63. The van der Waals surface area contributed by atoms with Gasteiger partial charge in [-0.25, -0.2) is 0 Å². The van der Waals surface area contributed by atoms with E-state index in [0.717, 1.165) is 16.9 Å². The summed E-state index contributed by atoms with van der Waals surface area (Å²) in [4.78, 5) is 0. The van der Waals surface area contributed by atoms with Crippen LogP contribution in [0.2, 0.25) is 0 Å². The number of nitrogens with zero attached hydrogens (tertiary/aromatic N) is 1. The van der Waals surface area contributed by atoms with E-state index in [4.69, 9.17) is 19.5 Å². The van der Waals surface area contributed by atoms with Crippen LogP contribution in [0, 0.1) is 11.3 Å². The van der Waals surface area contributed by atoms with Gasteiger partial charge in [-0.15, -0.1) is 0 Å². The first-order valence-corrected chi connectivity index (χ1v) is 6.56. The summed E-state index contributed by atoms with van der Waals surface area (Å²) in [6.45, 7) is 0.442. The van der Waals surface area contributed by atoms with Gasteiger partial charge in [0, 0.05) is 0 Å². The summed E-state index contributed by atoms with van der Waals surface area (Å²) < 4.78 is 16.2. The molecule has 4 nitrogen and oxygen atoms in total. The monoisotopic (exact) mass is 283 g/mol. The smallest absolute Gasteiger partial charge is 0.161 e. The number of hydrogen-bond donors (Lipinski definition) is 0. The second kappa shape index (κ2) is 7.20. The molecule has 0 N–H and O–H groups in total. The molecule has 0 heterocycles. The minimum Gasteiger partial charge on any atom is -0.493 e. The molecule has 0 bridgehead atoms. The minimum absolute atomic E-state index is 0.413. The first-order chi connectivity index (χ1) is 10.3. The summed E-state index contributed by atoms with van der Waals surface area (Å²) in [6, 6.07) is 15.3. The third-order valence-electron chi connectivity index (χ3n) is 3.06. The van der Waals surface area contributed by atoms with Gasteiger partial charge in [0.05, 0.1) is 26.7 Å². The second-order valence-corrected chi connectivity index (χ2v) is 4.46. The Labute approximate surface area is 124 Å². The summed E-state index contributed by atoms with van der Waals surface area (Å²) >= 11 is 0. The van der Waals surface area contributed by atoms with Gasteiger partial charge >= 0.3 is 0 Å². The molecule has 2 aromatic rings. The lowest BCUT2D eigenvalue weighted by atomic mass is 10.1. The molecule has 0 spiro atoms. The Morgan fingerprint density at radius 2 is 1.57 bits per heavy atom. The van der Waals surface area contributed by atoms with E-state index in [1.807, 2.05) is 42.5 Å². The summed E-state index contributed by atoms with van der Waals surface area (Å²) in [5.74, 6) is 2.15. The van der Waals surface area contributed by atoms with Gasteiger partial charge in [0.25, 0.3) is 0 Å². The Hall–Kier alpha value is -2.67. The highest BCUT2D eigenvalue weighted by atomic mass is 16.5. The van der Waals surface area contributed by atoms with Gasteiger partial charge in [-0.2, -0.15) is 5.26 Å². The topological polar surface area (TPSA) is 51.5 Å². The van der Waals surface area contributed by atoms with E-state index in [2.05, 4.69) is 6.07 Å². The molecule has 4 heteroatoms. The molecule has 0 amide bonds. The number of ether oxygens (including phenoxy) is 3. The Kier molecular flexibility index (Phi) is 5.05. The van der Waals surface area contributed by atoms with E-state index in [1.54, 1.807) is 14.2 Å². The van der Waals surface area contributed by atoms with Gasteiger partial charge in [0.2, 0.25) is 0 Å². The number of hydrogen-bond acceptors (Lipinski definition) is 4. The maximum Gasteiger partial charge on any atom is 0.161 e. The van der Waals surface area contributed by atoms with E-state index >= 15 is 0 Å². The van der Waals surface area contributed by atoms with Crippen LogP contribution in [0.4, 0.5) is 0 Å². The molecule has 0 aromatic heterocycles. The quantitative estimate of drug-likeness (QED) is 0.815. The molecular weight excluding hydrogens is 266 g/mol. The van der Waals surface area contributed by atoms with Crippen molar-refractivity contribution in [3.63, 3.8) is 0 Å². The number of methoxy groups -OCH3 is 2. The molecule has 21 heavy (non-hydrogen) atoms. The van der Waals surface area contributed by atoms with Crippen molar-refractivity contribution in [1.82, 2.24) is 0 Å². The lowest BCUT2D eigenvalue weighted by molar-refractivity contribution is 0.303. The summed E-state index contributed by atoms with van der Waals surface area (Å²) in [6.07, 6.45) is 0.413. The third-order valence-corrected chi connectivity index (χ3v) is 3.06. The van der Waals surface area contributed by atoms with Crippen molar-refractivity contribution in [3.05, 3.63) is 53.6 Å². The minimum atomic E-state index is 0.413. The largest absolute Gasteiger partial charge is 0.493 e. The molecule has 0 radical (unpaired) electrons. The van der Waals surface area contributed by atoms with Crippen LogP contribution in [0.5, 0.6) is 17.2 Å². The van der Waals surface area contributed by atoms with Crippen LogP contribution in [0.25, 0.3) is 0 Å². The normalized spacial score (nSPS) is 9.76. The zero-order chi connectivity index (χ0) is 15.1. The van der Waals surface area contributed by atoms with Gasteiger partial charge in [0.1, 0.15) is 12.4 Å². The van der Waals surface area contributed by atoms with Crippen molar-refractivity contribution in [3.8, 4) is 23.3 Å². The van der Waals surface area contributed by atoms with Crippen LogP contribution < -0.4 is 14.2 Å². The summed E-state index contributed by atoms with van der Waals surface area (Å²) in [7, 11) is 3.22. The molecule has 2 rings (SSSR count). The van der Waals surface area contributed by atoms with Crippen molar-refractivity contribution in [2.24, 2.45) is 0 Å². The van der Waals surface area contributed by atoms with Gasteiger partial charge in [-0.05, 0) is 35.4 Å². The molecule has 0 saturated carbocycles. The summed E-state index contributed by atoms with van der Waals surface area (Å²) in [5.41, 5.74) is 1.98. The molecule has 0 saturated heterocycles. The molecule has 0 aliphatic carbocycles. The Bertz CT molecular complexity index is 629. The maximum atomic E-state index is 8.63. The van der Waals surface area contributed by atoms with Crippen molar-refractivity contribution in [2.75, 3.05) is 14.2 Å². The van der Waals surface area contributed by atoms with E-state index in [-0.39, 0.29) is 0 Å².